The number of benzene rings is 1. The van der Waals surface area contributed by atoms with E-state index in [4.69, 9.17) is 0 Å². The van der Waals surface area contributed by atoms with Crippen molar-refractivity contribution >= 4 is 5.69 Å². The van der Waals surface area contributed by atoms with E-state index in [1.807, 2.05) is 0 Å². The number of anilines is 1. The Balaban J connectivity index is 2.64. The smallest absolute Gasteiger partial charge is 0.306 e. The van der Waals surface area contributed by atoms with Gasteiger partial charge in [0.25, 0.3) is 0 Å². The van der Waals surface area contributed by atoms with Crippen molar-refractivity contribution in [3.05, 3.63) is 30.3 Å². The average Bonchev–Trinajstić information content (AvgIpc) is 2.49. The summed E-state index contributed by atoms with van der Waals surface area (Å²) in [7, 11) is 0. The molecule has 0 unspecified atom stereocenters. The first kappa shape index (κ1) is 19.7. The molecule has 0 aliphatic rings. The zero-order chi connectivity index (χ0) is 17.3. The quantitative estimate of drug-likeness (QED) is 0.271. The number of nitrogens with zero attached hydrogens (tertiary/aromatic N) is 1. The van der Waals surface area contributed by atoms with E-state index in [9.17, 15) is 22.0 Å². The van der Waals surface area contributed by atoms with Crippen molar-refractivity contribution in [2.75, 3.05) is 11.4 Å². The monoisotopic (exact) mass is 337 g/mol. The number of rotatable bonds is 10. The summed E-state index contributed by atoms with van der Waals surface area (Å²) in [4.78, 5) is 0.166. The molecule has 0 aromatic heterocycles. The Morgan fingerprint density at radius 1 is 0.783 bits per heavy atom. The van der Waals surface area contributed by atoms with Crippen molar-refractivity contribution in [2.45, 2.75) is 64.1 Å². The maximum atomic E-state index is 13.8. The predicted octanol–water partition coefficient (Wildman–Crippen LogP) is 6.40. The summed E-state index contributed by atoms with van der Waals surface area (Å²) < 4.78 is 65.6. The second-order valence-corrected chi connectivity index (χ2v) is 5.65. The van der Waals surface area contributed by atoms with Gasteiger partial charge >= 0.3 is 12.2 Å². The van der Waals surface area contributed by atoms with Crippen molar-refractivity contribution in [1.29, 1.82) is 0 Å². The molecule has 1 rings (SSSR count). The van der Waals surface area contributed by atoms with Crippen molar-refractivity contribution < 1.29 is 22.0 Å². The van der Waals surface area contributed by atoms with Crippen LogP contribution < -0.4 is 4.90 Å². The van der Waals surface area contributed by atoms with Gasteiger partial charge in [-0.3, -0.25) is 0 Å². The van der Waals surface area contributed by atoms with Gasteiger partial charge in [-0.05, 0) is 18.6 Å². The van der Waals surface area contributed by atoms with Crippen LogP contribution in [0.1, 0.15) is 51.9 Å². The third-order valence-electron chi connectivity index (χ3n) is 3.73. The molecule has 0 aliphatic heterocycles. The molecule has 1 nitrogen and oxygen atoms in total. The Morgan fingerprint density at radius 3 is 1.83 bits per heavy atom. The lowest BCUT2D eigenvalue weighted by Crippen LogP contribution is -2.53. The Kier molecular flexibility index (Phi) is 7.79. The van der Waals surface area contributed by atoms with Gasteiger partial charge in [0.1, 0.15) is 0 Å². The number of halogens is 5. The van der Waals surface area contributed by atoms with Crippen LogP contribution in [0.3, 0.4) is 0 Å². The van der Waals surface area contributed by atoms with Crippen molar-refractivity contribution in [1.82, 2.24) is 0 Å². The number of para-hydroxylation sites is 1. The lowest BCUT2D eigenvalue weighted by molar-refractivity contribution is -0.281. The van der Waals surface area contributed by atoms with Gasteiger partial charge in [-0.25, -0.2) is 0 Å². The van der Waals surface area contributed by atoms with E-state index in [2.05, 4.69) is 6.92 Å². The first-order valence-corrected chi connectivity index (χ1v) is 8.08. The minimum Gasteiger partial charge on any atom is -0.306 e. The summed E-state index contributed by atoms with van der Waals surface area (Å²) in [6.07, 6.45) is 0.548. The van der Waals surface area contributed by atoms with Crippen molar-refractivity contribution in [3.63, 3.8) is 0 Å². The van der Waals surface area contributed by atoms with Gasteiger partial charge in [0.15, 0.2) is 0 Å². The van der Waals surface area contributed by atoms with Gasteiger partial charge in [0.2, 0.25) is 0 Å². The molecule has 0 radical (unpaired) electrons. The molecule has 132 valence electrons. The van der Waals surface area contributed by atoms with Crippen molar-refractivity contribution in [2.24, 2.45) is 0 Å². The number of hydrogen-bond acceptors (Lipinski definition) is 1. The topological polar surface area (TPSA) is 3.24 Å². The van der Waals surface area contributed by atoms with Crippen LogP contribution in [-0.4, -0.2) is 18.8 Å². The highest BCUT2D eigenvalue weighted by Crippen LogP contribution is 2.40. The highest BCUT2D eigenvalue weighted by molar-refractivity contribution is 5.47. The van der Waals surface area contributed by atoms with Crippen LogP contribution in [0.4, 0.5) is 27.6 Å². The van der Waals surface area contributed by atoms with E-state index < -0.39 is 12.2 Å². The zero-order valence-electron chi connectivity index (χ0n) is 13.4. The second kappa shape index (κ2) is 9.08. The Morgan fingerprint density at radius 2 is 1.30 bits per heavy atom. The maximum absolute atomic E-state index is 13.8. The summed E-state index contributed by atoms with van der Waals surface area (Å²) in [6, 6.07) is 2.19. The van der Waals surface area contributed by atoms with E-state index in [1.165, 1.54) is 24.3 Å². The number of alkyl halides is 5. The summed E-state index contributed by atoms with van der Waals surface area (Å²) >= 11 is 0. The SMILES string of the molecule is CCCCCCCCCN(c1ccccc1)C(F)(F)C(F)(F)F. The summed E-state index contributed by atoms with van der Waals surface area (Å²) in [5, 5.41) is 0. The Bertz CT molecular complexity index is 430. The molecule has 6 heteroatoms. The van der Waals surface area contributed by atoms with E-state index in [0.29, 0.717) is 12.8 Å². The van der Waals surface area contributed by atoms with E-state index in [-0.39, 0.29) is 17.1 Å². The average molecular weight is 337 g/mol. The summed E-state index contributed by atoms with van der Waals surface area (Å²) in [5.74, 6) is 0. The molecule has 0 amide bonds. The van der Waals surface area contributed by atoms with Gasteiger partial charge in [-0.2, -0.15) is 22.0 Å². The highest BCUT2D eigenvalue weighted by atomic mass is 19.4. The highest BCUT2D eigenvalue weighted by Gasteiger charge is 2.61. The first-order valence-electron chi connectivity index (χ1n) is 8.08. The summed E-state index contributed by atoms with van der Waals surface area (Å²) in [5.41, 5.74) is -0.110. The molecule has 1 aromatic rings. The molecule has 0 atom stereocenters. The molecule has 23 heavy (non-hydrogen) atoms. The van der Waals surface area contributed by atoms with Gasteiger partial charge < -0.3 is 4.90 Å². The van der Waals surface area contributed by atoms with Crippen LogP contribution in [0, 0.1) is 0 Å². The van der Waals surface area contributed by atoms with Gasteiger partial charge in [0, 0.05) is 12.2 Å². The third-order valence-corrected chi connectivity index (χ3v) is 3.73. The molecular weight excluding hydrogens is 313 g/mol. The van der Waals surface area contributed by atoms with Crippen LogP contribution in [-0.2, 0) is 0 Å². The molecule has 0 saturated heterocycles. The molecule has 0 spiro atoms. The molecule has 0 fully saturated rings. The van der Waals surface area contributed by atoms with E-state index >= 15 is 0 Å². The summed E-state index contributed by atoms with van der Waals surface area (Å²) in [6.45, 7) is 1.78. The largest absolute Gasteiger partial charge is 0.475 e. The molecule has 1 aromatic carbocycles. The molecule has 0 heterocycles. The van der Waals surface area contributed by atoms with Crippen LogP contribution in [0.5, 0.6) is 0 Å². The Labute approximate surface area is 134 Å². The maximum Gasteiger partial charge on any atom is 0.475 e. The lowest BCUT2D eigenvalue weighted by atomic mass is 10.1. The minimum atomic E-state index is -5.59. The third kappa shape index (κ3) is 5.99. The molecule has 0 aliphatic carbocycles. The molecular formula is C17H24F5N. The van der Waals surface area contributed by atoms with Gasteiger partial charge in [-0.1, -0.05) is 63.6 Å². The second-order valence-electron chi connectivity index (χ2n) is 5.65. The van der Waals surface area contributed by atoms with Crippen LogP contribution >= 0.6 is 0 Å². The van der Waals surface area contributed by atoms with Crippen molar-refractivity contribution in [3.8, 4) is 0 Å². The normalized spacial score (nSPS) is 12.4. The Hall–Kier alpha value is -1.33. The minimum absolute atomic E-state index is 0.110. The van der Waals surface area contributed by atoms with E-state index in [1.54, 1.807) is 6.07 Å². The van der Waals surface area contributed by atoms with Gasteiger partial charge in [-0.15, -0.1) is 0 Å². The molecule has 0 saturated carbocycles. The number of unbranched alkanes of at least 4 members (excludes halogenated alkanes) is 6. The fourth-order valence-corrected chi connectivity index (χ4v) is 2.42. The van der Waals surface area contributed by atoms with Crippen LogP contribution in [0.2, 0.25) is 0 Å². The molecule has 0 N–H and O–H groups in total. The standard InChI is InChI=1S/C17H24F5N/c1-2-3-4-5-6-7-11-14-23(15-12-9-8-10-13-15)17(21,22)16(18,19)20/h8-10,12-13H,2-7,11,14H2,1H3. The zero-order valence-corrected chi connectivity index (χ0v) is 13.4. The number of hydrogen-bond donors (Lipinski definition) is 0. The lowest BCUT2D eigenvalue weighted by Gasteiger charge is -2.34. The molecule has 0 bridgehead atoms. The fraction of sp³-hybridized carbons (Fsp3) is 0.647. The predicted molar refractivity (Wildman–Crippen MR) is 82.8 cm³/mol. The fourth-order valence-electron chi connectivity index (χ4n) is 2.42. The van der Waals surface area contributed by atoms with E-state index in [0.717, 1.165) is 32.1 Å². The van der Waals surface area contributed by atoms with Gasteiger partial charge in [0.05, 0.1) is 0 Å². The first-order chi connectivity index (χ1) is 10.8. The van der Waals surface area contributed by atoms with Crippen LogP contribution in [0.15, 0.2) is 30.3 Å². The van der Waals surface area contributed by atoms with Crippen LogP contribution in [0.25, 0.3) is 0 Å².